The first-order chi connectivity index (χ1) is 12.7. The van der Waals surface area contributed by atoms with Gasteiger partial charge in [0.2, 0.25) is 4.21 Å². The molecule has 0 aliphatic rings. The molecule has 4 nitrogen and oxygen atoms in total. The Morgan fingerprint density at radius 2 is 1.92 bits per heavy atom. The average molecular weight is 400 g/mol. The van der Waals surface area contributed by atoms with Crippen molar-refractivity contribution < 1.29 is 4.55 Å². The standard InChI is InChI=1S/C19H17N3OS3/c1-2-11-26(23)19-15(20)14-16(12-7-4-3-5-8-12)21-17(22-18(14)25-19)13-9-6-10-24-13/h3-10H,2,11,20H2,1H3. The fourth-order valence-electron chi connectivity index (χ4n) is 2.77. The minimum atomic E-state index is -1.11. The molecule has 0 aliphatic heterocycles. The Kier molecular flexibility index (Phi) is 4.95. The van der Waals surface area contributed by atoms with E-state index in [1.165, 1.54) is 11.3 Å². The summed E-state index contributed by atoms with van der Waals surface area (Å²) in [7, 11) is 0. The molecule has 0 amide bonds. The predicted octanol–water partition coefficient (Wildman–Crippen LogP) is 5.19. The lowest BCUT2D eigenvalue weighted by Gasteiger charge is -2.08. The van der Waals surface area contributed by atoms with Gasteiger partial charge in [-0.2, -0.15) is 0 Å². The maximum Gasteiger partial charge on any atom is 0.232 e. The fourth-order valence-corrected chi connectivity index (χ4v) is 6.02. The molecule has 4 aromatic rings. The highest BCUT2D eigenvalue weighted by Crippen LogP contribution is 2.42. The Morgan fingerprint density at radius 1 is 1.12 bits per heavy atom. The van der Waals surface area contributed by atoms with Gasteiger partial charge in [0.1, 0.15) is 16.3 Å². The minimum Gasteiger partial charge on any atom is -0.611 e. The van der Waals surface area contributed by atoms with E-state index in [-0.39, 0.29) is 0 Å². The number of rotatable bonds is 5. The number of nitrogens with zero attached hydrogens (tertiary/aromatic N) is 2. The Hall–Kier alpha value is -1.93. The van der Waals surface area contributed by atoms with Crippen LogP contribution >= 0.6 is 22.7 Å². The van der Waals surface area contributed by atoms with Gasteiger partial charge in [-0.1, -0.05) is 54.7 Å². The lowest BCUT2D eigenvalue weighted by molar-refractivity contribution is 0.596. The number of hydrogen-bond donors (Lipinski definition) is 1. The van der Waals surface area contributed by atoms with Gasteiger partial charge in [0.25, 0.3) is 0 Å². The van der Waals surface area contributed by atoms with Gasteiger partial charge in [0.05, 0.1) is 16.0 Å². The SMILES string of the molecule is CCC[S+]([O-])c1sc2nc(-c3cccs3)nc(-c3ccccc3)c2c1N. The monoisotopic (exact) mass is 399 g/mol. The number of nitrogen functional groups attached to an aromatic ring is 1. The van der Waals surface area contributed by atoms with Crippen molar-refractivity contribution in [1.82, 2.24) is 9.97 Å². The lowest BCUT2D eigenvalue weighted by atomic mass is 10.1. The maximum absolute atomic E-state index is 12.6. The second-order valence-electron chi connectivity index (χ2n) is 5.77. The molecular weight excluding hydrogens is 382 g/mol. The second kappa shape index (κ2) is 7.36. The Labute approximate surface area is 162 Å². The highest BCUT2D eigenvalue weighted by Gasteiger charge is 2.25. The van der Waals surface area contributed by atoms with Crippen LogP contribution in [0.15, 0.2) is 52.1 Å². The third-order valence-electron chi connectivity index (χ3n) is 3.94. The van der Waals surface area contributed by atoms with Crippen LogP contribution < -0.4 is 5.73 Å². The molecule has 0 saturated heterocycles. The quantitative estimate of drug-likeness (QED) is 0.469. The third-order valence-corrected chi connectivity index (χ3v) is 7.92. The maximum atomic E-state index is 12.6. The molecule has 1 unspecified atom stereocenters. The van der Waals surface area contributed by atoms with Crippen molar-refractivity contribution >= 4 is 49.8 Å². The van der Waals surface area contributed by atoms with Crippen LogP contribution in [0.2, 0.25) is 0 Å². The summed E-state index contributed by atoms with van der Waals surface area (Å²) in [6, 6.07) is 14.0. The number of aromatic nitrogens is 2. The van der Waals surface area contributed by atoms with Crippen LogP contribution in [0.5, 0.6) is 0 Å². The number of anilines is 1. The molecule has 4 rings (SSSR count). The van der Waals surface area contributed by atoms with Crippen molar-refractivity contribution in [3.05, 3.63) is 47.8 Å². The molecule has 26 heavy (non-hydrogen) atoms. The highest BCUT2D eigenvalue weighted by molar-refractivity contribution is 7.93. The molecule has 3 aromatic heterocycles. The number of nitrogens with two attached hydrogens (primary N) is 1. The molecule has 3 heterocycles. The second-order valence-corrected chi connectivity index (χ2v) is 9.48. The van der Waals surface area contributed by atoms with Crippen molar-refractivity contribution in [2.75, 3.05) is 11.5 Å². The topological polar surface area (TPSA) is 74.9 Å². The first-order valence-corrected chi connectivity index (χ1v) is 11.3. The van der Waals surface area contributed by atoms with E-state index in [0.29, 0.717) is 21.5 Å². The molecule has 7 heteroatoms. The van der Waals surface area contributed by atoms with E-state index in [1.54, 1.807) is 11.3 Å². The molecule has 2 N–H and O–H groups in total. The van der Waals surface area contributed by atoms with E-state index in [9.17, 15) is 4.55 Å². The zero-order chi connectivity index (χ0) is 18.1. The van der Waals surface area contributed by atoms with E-state index in [2.05, 4.69) is 0 Å². The molecule has 1 atom stereocenters. The first-order valence-electron chi connectivity index (χ1n) is 8.26. The smallest absolute Gasteiger partial charge is 0.232 e. The summed E-state index contributed by atoms with van der Waals surface area (Å²) in [6.07, 6.45) is 0.845. The van der Waals surface area contributed by atoms with Gasteiger partial charge >= 0.3 is 0 Å². The van der Waals surface area contributed by atoms with Crippen molar-refractivity contribution in [2.24, 2.45) is 0 Å². The van der Waals surface area contributed by atoms with Crippen LogP contribution in [0.4, 0.5) is 5.69 Å². The number of hydrogen-bond acceptors (Lipinski definition) is 6. The van der Waals surface area contributed by atoms with Gasteiger partial charge in [0, 0.05) is 5.56 Å². The van der Waals surface area contributed by atoms with Crippen molar-refractivity contribution in [3.8, 4) is 22.0 Å². The summed E-state index contributed by atoms with van der Waals surface area (Å²) >= 11 is 1.92. The van der Waals surface area contributed by atoms with Gasteiger partial charge in [-0.3, -0.25) is 0 Å². The van der Waals surface area contributed by atoms with Crippen molar-refractivity contribution in [2.45, 2.75) is 17.6 Å². The summed E-state index contributed by atoms with van der Waals surface area (Å²) in [5.41, 5.74) is 8.75. The van der Waals surface area contributed by atoms with E-state index >= 15 is 0 Å². The van der Waals surface area contributed by atoms with Crippen LogP contribution in [0.3, 0.4) is 0 Å². The van der Waals surface area contributed by atoms with Crippen LogP contribution in [-0.4, -0.2) is 20.3 Å². The van der Waals surface area contributed by atoms with Crippen LogP contribution in [0.1, 0.15) is 13.3 Å². The summed E-state index contributed by atoms with van der Waals surface area (Å²) in [5.74, 6) is 1.28. The zero-order valence-electron chi connectivity index (χ0n) is 14.1. The Morgan fingerprint density at radius 3 is 2.62 bits per heavy atom. The Balaban J connectivity index is 1.99. The number of thiophene rings is 2. The van der Waals surface area contributed by atoms with Gasteiger partial charge in [-0.05, 0) is 29.0 Å². The van der Waals surface area contributed by atoms with Gasteiger partial charge in [0.15, 0.2) is 5.82 Å². The van der Waals surface area contributed by atoms with Crippen LogP contribution in [-0.2, 0) is 11.2 Å². The van der Waals surface area contributed by atoms with E-state index in [0.717, 1.165) is 32.8 Å². The largest absolute Gasteiger partial charge is 0.611 e. The molecule has 0 bridgehead atoms. The Bertz CT molecular complexity index is 1030. The molecule has 0 aliphatic carbocycles. The highest BCUT2D eigenvalue weighted by atomic mass is 32.2. The molecule has 132 valence electrons. The molecule has 0 radical (unpaired) electrons. The predicted molar refractivity (Wildman–Crippen MR) is 112 cm³/mol. The summed E-state index contributed by atoms with van der Waals surface area (Å²) in [5, 5.41) is 2.82. The zero-order valence-corrected chi connectivity index (χ0v) is 16.6. The van der Waals surface area contributed by atoms with Gasteiger partial charge in [-0.25, -0.2) is 9.97 Å². The summed E-state index contributed by atoms with van der Waals surface area (Å²) in [6.45, 7) is 2.02. The van der Waals surface area contributed by atoms with Crippen molar-refractivity contribution in [3.63, 3.8) is 0 Å². The molecular formula is C19H17N3OS3. The van der Waals surface area contributed by atoms with Gasteiger partial charge < -0.3 is 10.3 Å². The first kappa shape index (κ1) is 17.5. The van der Waals surface area contributed by atoms with Crippen LogP contribution in [0.25, 0.3) is 32.2 Å². The van der Waals surface area contributed by atoms with E-state index in [4.69, 9.17) is 15.7 Å². The van der Waals surface area contributed by atoms with E-state index < -0.39 is 11.2 Å². The number of benzene rings is 1. The van der Waals surface area contributed by atoms with E-state index in [1.807, 2.05) is 54.8 Å². The lowest BCUT2D eigenvalue weighted by Crippen LogP contribution is -2.06. The average Bonchev–Trinajstić information content (AvgIpc) is 3.30. The minimum absolute atomic E-state index is 0.549. The summed E-state index contributed by atoms with van der Waals surface area (Å²) < 4.78 is 13.3. The van der Waals surface area contributed by atoms with Gasteiger partial charge in [-0.15, -0.1) is 11.3 Å². The third kappa shape index (κ3) is 3.12. The molecule has 1 aromatic carbocycles. The number of fused-ring (bicyclic) bond motifs is 1. The summed E-state index contributed by atoms with van der Waals surface area (Å²) in [4.78, 5) is 11.3. The molecule has 0 spiro atoms. The normalized spacial score (nSPS) is 12.5. The molecule has 0 fully saturated rings. The van der Waals surface area contributed by atoms with Crippen LogP contribution in [0, 0.1) is 0 Å². The van der Waals surface area contributed by atoms with Crippen molar-refractivity contribution in [1.29, 1.82) is 0 Å². The fraction of sp³-hybridized carbons (Fsp3) is 0.158. The molecule has 0 saturated carbocycles.